The van der Waals surface area contributed by atoms with Crippen LogP contribution in [0.3, 0.4) is 0 Å². The molecule has 3 aromatic rings. The lowest BCUT2D eigenvalue weighted by Crippen LogP contribution is -2.35. The van der Waals surface area contributed by atoms with Gasteiger partial charge in [0.15, 0.2) is 0 Å². The second kappa shape index (κ2) is 9.13. The van der Waals surface area contributed by atoms with Crippen LogP contribution in [-0.4, -0.2) is 29.8 Å². The summed E-state index contributed by atoms with van der Waals surface area (Å²) < 4.78 is 0. The fraction of sp³-hybridized carbons (Fsp3) is 0.250. The highest BCUT2D eigenvalue weighted by Gasteiger charge is 2.30. The van der Waals surface area contributed by atoms with E-state index in [-0.39, 0.29) is 24.4 Å². The summed E-state index contributed by atoms with van der Waals surface area (Å²) in [6.45, 7) is 2.98. The molecule has 6 heteroatoms. The van der Waals surface area contributed by atoms with Gasteiger partial charge in [-0.25, -0.2) is 0 Å². The average Bonchev–Trinajstić information content (AvgIpc) is 3.45. The molecule has 1 fully saturated rings. The van der Waals surface area contributed by atoms with Gasteiger partial charge in [-0.1, -0.05) is 30.3 Å². The quantitative estimate of drug-likeness (QED) is 0.585. The molecule has 2 aromatic carbocycles. The van der Waals surface area contributed by atoms with Crippen molar-refractivity contribution in [3.63, 3.8) is 0 Å². The van der Waals surface area contributed by atoms with Crippen LogP contribution < -0.4 is 10.6 Å². The van der Waals surface area contributed by atoms with Gasteiger partial charge in [0.1, 0.15) is 0 Å². The van der Waals surface area contributed by atoms with Crippen molar-refractivity contribution in [2.24, 2.45) is 0 Å². The van der Waals surface area contributed by atoms with Crippen molar-refractivity contribution in [3.05, 3.63) is 82.0 Å². The van der Waals surface area contributed by atoms with Gasteiger partial charge in [0.05, 0.1) is 12.6 Å². The molecule has 2 heterocycles. The summed E-state index contributed by atoms with van der Waals surface area (Å²) in [7, 11) is 0. The van der Waals surface area contributed by atoms with Gasteiger partial charge in [-0.15, -0.1) is 11.3 Å². The summed E-state index contributed by atoms with van der Waals surface area (Å²) >= 11 is 1.71. The second-order valence-electron chi connectivity index (χ2n) is 7.46. The average molecular weight is 420 g/mol. The lowest BCUT2D eigenvalue weighted by atomic mass is 10.1. The number of benzene rings is 2. The Morgan fingerprint density at radius 1 is 1.10 bits per heavy atom. The molecule has 1 aliphatic rings. The van der Waals surface area contributed by atoms with Gasteiger partial charge < -0.3 is 15.5 Å². The largest absolute Gasteiger partial charge is 0.376 e. The SMILES string of the molecule is Cc1ccc(C(=O)Nc2ccccc2)cc1NCC(=O)N1CCCC1c1cccs1. The smallest absolute Gasteiger partial charge is 0.255 e. The predicted molar refractivity (Wildman–Crippen MR) is 122 cm³/mol. The lowest BCUT2D eigenvalue weighted by Gasteiger charge is -2.24. The van der Waals surface area contributed by atoms with Gasteiger partial charge in [-0.2, -0.15) is 0 Å². The van der Waals surface area contributed by atoms with Crippen LogP contribution in [-0.2, 0) is 4.79 Å². The Balaban J connectivity index is 1.41. The zero-order valence-electron chi connectivity index (χ0n) is 16.9. The number of carbonyl (C=O) groups is 2. The maximum atomic E-state index is 12.9. The predicted octanol–water partition coefficient (Wildman–Crippen LogP) is 5.08. The molecule has 2 amide bonds. The van der Waals surface area contributed by atoms with E-state index in [1.165, 1.54) is 4.88 Å². The molecule has 2 N–H and O–H groups in total. The molecule has 1 saturated heterocycles. The molecule has 0 saturated carbocycles. The molecule has 1 unspecified atom stereocenters. The van der Waals surface area contributed by atoms with Crippen LogP contribution in [0.1, 0.15) is 39.7 Å². The van der Waals surface area contributed by atoms with Gasteiger partial charge >= 0.3 is 0 Å². The van der Waals surface area contributed by atoms with Crippen LogP contribution in [0.5, 0.6) is 0 Å². The highest BCUT2D eigenvalue weighted by Crippen LogP contribution is 2.34. The highest BCUT2D eigenvalue weighted by atomic mass is 32.1. The maximum Gasteiger partial charge on any atom is 0.255 e. The first-order chi connectivity index (χ1) is 14.6. The minimum Gasteiger partial charge on any atom is -0.376 e. The number of aryl methyl sites for hydroxylation is 1. The Labute approximate surface area is 180 Å². The van der Waals surface area contributed by atoms with Crippen LogP contribution in [0.25, 0.3) is 0 Å². The molecule has 0 radical (unpaired) electrons. The number of likely N-dealkylation sites (tertiary alicyclic amines) is 1. The number of carbonyl (C=O) groups excluding carboxylic acids is 2. The van der Waals surface area contributed by atoms with Crippen molar-refractivity contribution in [2.45, 2.75) is 25.8 Å². The van der Waals surface area contributed by atoms with Crippen molar-refractivity contribution in [3.8, 4) is 0 Å². The molecular weight excluding hydrogens is 394 g/mol. The monoisotopic (exact) mass is 419 g/mol. The Bertz CT molecular complexity index is 1020. The number of thiophene rings is 1. The van der Waals surface area contributed by atoms with Crippen LogP contribution in [0.2, 0.25) is 0 Å². The van der Waals surface area contributed by atoms with Gasteiger partial charge in [-0.3, -0.25) is 9.59 Å². The van der Waals surface area contributed by atoms with Crippen LogP contribution in [0, 0.1) is 6.92 Å². The fourth-order valence-electron chi connectivity index (χ4n) is 3.79. The summed E-state index contributed by atoms with van der Waals surface area (Å²) in [5.41, 5.74) is 3.10. The van der Waals surface area contributed by atoms with Crippen LogP contribution >= 0.6 is 11.3 Å². The summed E-state index contributed by atoms with van der Waals surface area (Å²) in [4.78, 5) is 28.7. The van der Waals surface area contributed by atoms with Gasteiger partial charge in [0.25, 0.3) is 5.91 Å². The number of anilines is 2. The number of hydrogen-bond acceptors (Lipinski definition) is 4. The van der Waals surface area contributed by atoms with E-state index in [9.17, 15) is 9.59 Å². The summed E-state index contributed by atoms with van der Waals surface area (Å²) in [6, 6.07) is 19.2. The molecule has 0 aliphatic carbocycles. The Hall–Kier alpha value is -3.12. The number of hydrogen-bond donors (Lipinski definition) is 2. The molecule has 1 atom stereocenters. The molecule has 5 nitrogen and oxygen atoms in total. The highest BCUT2D eigenvalue weighted by molar-refractivity contribution is 7.10. The third-order valence-electron chi connectivity index (χ3n) is 5.41. The van der Waals surface area contributed by atoms with Crippen molar-refractivity contribution >= 4 is 34.5 Å². The first-order valence-electron chi connectivity index (χ1n) is 10.2. The first kappa shape index (κ1) is 20.2. The first-order valence-corrected chi connectivity index (χ1v) is 11.0. The van der Waals surface area contributed by atoms with Crippen LogP contribution in [0.4, 0.5) is 11.4 Å². The molecular formula is C24H25N3O2S. The van der Waals surface area contributed by atoms with Gasteiger partial charge in [-0.05, 0) is 61.0 Å². The number of para-hydroxylation sites is 1. The number of nitrogens with zero attached hydrogens (tertiary/aromatic N) is 1. The number of amides is 2. The molecule has 30 heavy (non-hydrogen) atoms. The van der Waals surface area contributed by atoms with E-state index in [4.69, 9.17) is 0 Å². The standard InChI is InChI=1S/C24H25N3O2S/c1-17-11-12-18(24(29)26-19-7-3-2-4-8-19)15-20(17)25-16-23(28)27-13-5-9-21(27)22-10-6-14-30-22/h2-4,6-8,10-12,14-15,21,25H,5,9,13,16H2,1H3,(H,26,29). The fourth-order valence-corrected chi connectivity index (χ4v) is 4.67. The minimum atomic E-state index is -0.173. The second-order valence-corrected chi connectivity index (χ2v) is 8.44. The van der Waals surface area contributed by atoms with E-state index in [0.29, 0.717) is 5.56 Å². The number of rotatable bonds is 6. The third-order valence-corrected chi connectivity index (χ3v) is 6.38. The third kappa shape index (κ3) is 4.54. The molecule has 4 rings (SSSR count). The lowest BCUT2D eigenvalue weighted by molar-refractivity contribution is -0.130. The topological polar surface area (TPSA) is 61.4 Å². The van der Waals surface area contributed by atoms with Crippen LogP contribution in [0.15, 0.2) is 66.0 Å². The van der Waals surface area contributed by atoms with Crippen molar-refractivity contribution in [1.29, 1.82) is 0 Å². The Morgan fingerprint density at radius 3 is 2.70 bits per heavy atom. The molecule has 154 valence electrons. The van der Waals surface area contributed by atoms with E-state index in [0.717, 1.165) is 36.3 Å². The zero-order valence-corrected chi connectivity index (χ0v) is 17.7. The van der Waals surface area contributed by atoms with Gasteiger partial charge in [0, 0.05) is 28.4 Å². The summed E-state index contributed by atoms with van der Waals surface area (Å²) in [6.07, 6.45) is 2.04. The minimum absolute atomic E-state index is 0.0874. The number of nitrogens with one attached hydrogen (secondary N) is 2. The molecule has 0 spiro atoms. The van der Waals surface area contributed by atoms with Crippen molar-refractivity contribution in [2.75, 3.05) is 23.7 Å². The molecule has 0 bridgehead atoms. The van der Waals surface area contributed by atoms with E-state index >= 15 is 0 Å². The Kier molecular flexibility index (Phi) is 6.14. The maximum absolute atomic E-state index is 12.9. The van der Waals surface area contributed by atoms with E-state index in [1.54, 1.807) is 17.4 Å². The molecule has 1 aliphatic heterocycles. The van der Waals surface area contributed by atoms with Gasteiger partial charge in [0.2, 0.25) is 5.91 Å². The summed E-state index contributed by atoms with van der Waals surface area (Å²) in [5, 5.41) is 8.20. The normalized spacial score (nSPS) is 15.8. The van der Waals surface area contributed by atoms with Crippen molar-refractivity contribution in [1.82, 2.24) is 4.90 Å². The molecule has 1 aromatic heterocycles. The van der Waals surface area contributed by atoms with E-state index < -0.39 is 0 Å². The Morgan fingerprint density at radius 2 is 1.93 bits per heavy atom. The zero-order chi connectivity index (χ0) is 20.9. The van der Waals surface area contributed by atoms with E-state index in [1.807, 2.05) is 60.4 Å². The summed E-state index contributed by atoms with van der Waals surface area (Å²) in [5.74, 6) is -0.0858. The van der Waals surface area contributed by atoms with E-state index in [2.05, 4.69) is 22.1 Å². The van der Waals surface area contributed by atoms with Crippen molar-refractivity contribution < 1.29 is 9.59 Å².